The van der Waals surface area contributed by atoms with E-state index in [1.54, 1.807) is 25.1 Å². The number of fused-ring (bicyclic) bond motifs is 2. The maximum absolute atomic E-state index is 13.9. The Bertz CT molecular complexity index is 1360. The number of carbonyl (C=O) groups excluding carboxylic acids is 1. The van der Waals surface area contributed by atoms with Crippen molar-refractivity contribution in [1.82, 2.24) is 24.8 Å². The topological polar surface area (TPSA) is 108 Å². The van der Waals surface area contributed by atoms with Gasteiger partial charge in [-0.1, -0.05) is 24.3 Å². The zero-order valence-electron chi connectivity index (χ0n) is 18.6. The van der Waals surface area contributed by atoms with Gasteiger partial charge in [0.2, 0.25) is 11.7 Å². The average molecular weight is 444 g/mol. The molecule has 168 valence electrons. The van der Waals surface area contributed by atoms with E-state index in [9.17, 15) is 9.90 Å². The molecule has 0 bridgehead atoms. The SMILES string of the molecule is CC(C)(O)c1nc(C2CC2)c(C(=O)N2CCc3[nH]cnc3[C@H]2c2cc3ccccc3cn2)o1. The van der Waals surface area contributed by atoms with Crippen molar-refractivity contribution in [3.05, 3.63) is 77.3 Å². The van der Waals surface area contributed by atoms with Crippen LogP contribution in [0.25, 0.3) is 10.8 Å². The van der Waals surface area contributed by atoms with Gasteiger partial charge in [-0.25, -0.2) is 9.97 Å². The number of H-pyrrole nitrogens is 1. The zero-order chi connectivity index (χ0) is 22.7. The molecule has 1 saturated carbocycles. The van der Waals surface area contributed by atoms with Gasteiger partial charge in [-0.3, -0.25) is 9.78 Å². The zero-order valence-corrected chi connectivity index (χ0v) is 18.6. The first-order valence-electron chi connectivity index (χ1n) is 11.3. The van der Waals surface area contributed by atoms with Crippen molar-refractivity contribution in [3.63, 3.8) is 0 Å². The first-order chi connectivity index (χ1) is 15.9. The highest BCUT2D eigenvalue weighted by Gasteiger charge is 2.41. The Morgan fingerprint density at radius 3 is 2.73 bits per heavy atom. The van der Waals surface area contributed by atoms with Gasteiger partial charge in [-0.15, -0.1) is 0 Å². The lowest BCUT2D eigenvalue weighted by Gasteiger charge is -2.34. The molecular formula is C25H25N5O3. The lowest BCUT2D eigenvalue weighted by atomic mass is 9.97. The number of oxazole rings is 1. The van der Waals surface area contributed by atoms with Crippen molar-refractivity contribution in [2.75, 3.05) is 6.54 Å². The molecule has 1 amide bonds. The lowest BCUT2D eigenvalue weighted by molar-refractivity contribution is 0.0440. The third kappa shape index (κ3) is 3.41. The van der Waals surface area contributed by atoms with E-state index in [1.807, 2.05) is 36.5 Å². The number of amides is 1. The molecule has 8 nitrogen and oxygen atoms in total. The quantitative estimate of drug-likeness (QED) is 0.496. The van der Waals surface area contributed by atoms with Crippen LogP contribution in [0.1, 0.15) is 77.9 Å². The Hall–Kier alpha value is -3.52. The maximum Gasteiger partial charge on any atom is 0.292 e. The second-order valence-electron chi connectivity index (χ2n) is 9.44. The molecule has 8 heteroatoms. The van der Waals surface area contributed by atoms with E-state index in [1.165, 1.54) is 0 Å². The standard InChI is InChI=1S/C25H25N5O3/c1-25(2,32)24-29-19(14-7-8-14)22(33-24)23(31)30-10-9-17-20(28-13-27-17)21(30)18-11-15-5-3-4-6-16(15)12-26-18/h3-6,11-14,21,32H,7-10H2,1-2H3,(H,27,28)/t21-/m1/s1. The van der Waals surface area contributed by atoms with Crippen LogP contribution in [0.15, 0.2) is 47.3 Å². The van der Waals surface area contributed by atoms with Gasteiger partial charge in [0.05, 0.1) is 23.4 Å². The Morgan fingerprint density at radius 2 is 1.97 bits per heavy atom. The summed E-state index contributed by atoms with van der Waals surface area (Å²) < 4.78 is 5.92. The minimum Gasteiger partial charge on any atom is -0.432 e. The van der Waals surface area contributed by atoms with E-state index in [2.05, 4.69) is 15.0 Å². The van der Waals surface area contributed by atoms with Crippen LogP contribution in [0.3, 0.4) is 0 Å². The first-order valence-corrected chi connectivity index (χ1v) is 11.3. The van der Waals surface area contributed by atoms with Crippen LogP contribution >= 0.6 is 0 Å². The van der Waals surface area contributed by atoms with Gasteiger partial charge in [0, 0.05) is 36.2 Å². The van der Waals surface area contributed by atoms with Crippen molar-refractivity contribution >= 4 is 16.7 Å². The summed E-state index contributed by atoms with van der Waals surface area (Å²) in [6.45, 7) is 3.72. The molecule has 0 unspecified atom stereocenters. The molecule has 4 aromatic rings. The fourth-order valence-corrected chi connectivity index (χ4v) is 4.56. The summed E-state index contributed by atoms with van der Waals surface area (Å²) in [7, 11) is 0. The number of nitrogens with zero attached hydrogens (tertiary/aromatic N) is 4. The van der Waals surface area contributed by atoms with Gasteiger partial charge >= 0.3 is 0 Å². The third-order valence-electron chi connectivity index (χ3n) is 6.45. The fourth-order valence-electron chi connectivity index (χ4n) is 4.56. The smallest absolute Gasteiger partial charge is 0.292 e. The number of hydrogen-bond acceptors (Lipinski definition) is 6. The summed E-state index contributed by atoms with van der Waals surface area (Å²) >= 11 is 0. The van der Waals surface area contributed by atoms with Crippen molar-refractivity contribution in [3.8, 4) is 0 Å². The maximum atomic E-state index is 13.9. The summed E-state index contributed by atoms with van der Waals surface area (Å²) in [6, 6.07) is 9.61. The lowest BCUT2D eigenvalue weighted by Crippen LogP contribution is -2.41. The highest BCUT2D eigenvalue weighted by molar-refractivity contribution is 5.93. The summed E-state index contributed by atoms with van der Waals surface area (Å²) in [4.78, 5) is 32.7. The van der Waals surface area contributed by atoms with E-state index in [-0.39, 0.29) is 23.5 Å². The second kappa shape index (κ2) is 7.25. The van der Waals surface area contributed by atoms with Gasteiger partial charge in [0.15, 0.2) is 0 Å². The molecule has 1 aliphatic heterocycles. The number of pyridine rings is 1. The number of nitrogens with one attached hydrogen (secondary N) is 1. The summed E-state index contributed by atoms with van der Waals surface area (Å²) in [5.74, 6) is 0.352. The Labute approximate surface area is 190 Å². The largest absolute Gasteiger partial charge is 0.432 e. The number of aromatic amines is 1. The molecule has 0 saturated heterocycles. The summed E-state index contributed by atoms with van der Waals surface area (Å²) in [6.07, 6.45) is 6.11. The van der Waals surface area contributed by atoms with Crippen LogP contribution in [-0.4, -0.2) is 42.4 Å². The predicted molar refractivity (Wildman–Crippen MR) is 121 cm³/mol. The predicted octanol–water partition coefficient (Wildman–Crippen LogP) is 3.84. The van der Waals surface area contributed by atoms with Crippen molar-refractivity contribution in [1.29, 1.82) is 0 Å². The average Bonchev–Trinajstić information content (AvgIpc) is 3.35. The number of imidazole rings is 1. The van der Waals surface area contributed by atoms with E-state index in [0.717, 1.165) is 40.7 Å². The number of carbonyl (C=O) groups is 1. The molecule has 33 heavy (non-hydrogen) atoms. The Morgan fingerprint density at radius 1 is 1.18 bits per heavy atom. The number of rotatable bonds is 4. The molecule has 1 fully saturated rings. The molecule has 1 atom stereocenters. The van der Waals surface area contributed by atoms with E-state index < -0.39 is 11.6 Å². The Kier molecular flexibility index (Phi) is 4.42. The second-order valence-corrected chi connectivity index (χ2v) is 9.44. The minimum absolute atomic E-state index is 0.172. The number of aliphatic hydroxyl groups is 1. The van der Waals surface area contributed by atoms with Gasteiger partial charge in [0.1, 0.15) is 11.6 Å². The number of benzene rings is 1. The van der Waals surface area contributed by atoms with Crippen LogP contribution in [-0.2, 0) is 12.0 Å². The molecule has 3 aromatic heterocycles. The molecular weight excluding hydrogens is 418 g/mol. The van der Waals surface area contributed by atoms with Crippen molar-refractivity contribution in [2.45, 2.75) is 50.7 Å². The normalized spacial score (nSPS) is 18.5. The van der Waals surface area contributed by atoms with Crippen molar-refractivity contribution < 1.29 is 14.3 Å². The van der Waals surface area contributed by atoms with Crippen LogP contribution in [0, 0.1) is 0 Å². The first kappa shape index (κ1) is 20.1. The monoisotopic (exact) mass is 443 g/mol. The molecule has 6 rings (SSSR count). The van der Waals surface area contributed by atoms with E-state index in [4.69, 9.17) is 9.40 Å². The highest BCUT2D eigenvalue weighted by Crippen LogP contribution is 2.43. The molecule has 0 spiro atoms. The van der Waals surface area contributed by atoms with Crippen LogP contribution < -0.4 is 0 Å². The minimum atomic E-state index is -1.27. The molecule has 2 N–H and O–H groups in total. The summed E-state index contributed by atoms with van der Waals surface area (Å²) in [5, 5.41) is 12.5. The van der Waals surface area contributed by atoms with Gasteiger partial charge in [-0.2, -0.15) is 0 Å². The van der Waals surface area contributed by atoms with Crippen LogP contribution in [0.4, 0.5) is 0 Å². The fraction of sp³-hybridized carbons (Fsp3) is 0.360. The van der Waals surface area contributed by atoms with Gasteiger partial charge in [-0.05, 0) is 38.1 Å². The molecule has 2 aliphatic rings. The Balaban J connectivity index is 1.46. The van der Waals surface area contributed by atoms with Crippen molar-refractivity contribution in [2.24, 2.45) is 0 Å². The highest BCUT2D eigenvalue weighted by atomic mass is 16.4. The third-order valence-corrected chi connectivity index (χ3v) is 6.45. The molecule has 4 heterocycles. The van der Waals surface area contributed by atoms with E-state index >= 15 is 0 Å². The number of hydrogen-bond donors (Lipinski definition) is 2. The molecule has 1 aliphatic carbocycles. The van der Waals surface area contributed by atoms with E-state index in [0.29, 0.717) is 18.7 Å². The molecule has 0 radical (unpaired) electrons. The summed E-state index contributed by atoms with van der Waals surface area (Å²) in [5.41, 5.74) is 1.95. The molecule has 1 aromatic carbocycles. The number of aromatic nitrogens is 4. The van der Waals surface area contributed by atoms with Gasteiger partial charge < -0.3 is 19.4 Å². The van der Waals surface area contributed by atoms with Crippen LogP contribution in [0.2, 0.25) is 0 Å². The van der Waals surface area contributed by atoms with Crippen LogP contribution in [0.5, 0.6) is 0 Å². The van der Waals surface area contributed by atoms with Gasteiger partial charge in [0.25, 0.3) is 5.91 Å².